The van der Waals surface area contributed by atoms with E-state index in [1.807, 2.05) is 7.05 Å². The highest BCUT2D eigenvalue weighted by Crippen LogP contribution is 2.38. The molecule has 2 unspecified atom stereocenters. The normalized spacial score (nSPS) is 26.3. The third-order valence-electron chi connectivity index (χ3n) is 4.62. The van der Waals surface area contributed by atoms with Gasteiger partial charge in [0.15, 0.2) is 0 Å². The third-order valence-corrected chi connectivity index (χ3v) is 4.62. The second kappa shape index (κ2) is 5.35. The summed E-state index contributed by atoms with van der Waals surface area (Å²) in [7, 11) is 1.93. The maximum Gasteiger partial charge on any atom is 0.134 e. The molecule has 2 atom stereocenters. The molecule has 2 heterocycles. The van der Waals surface area contributed by atoms with Crippen LogP contribution >= 0.6 is 0 Å². The molecule has 1 aromatic heterocycles. The number of aryl methyl sites for hydroxylation is 1. The van der Waals surface area contributed by atoms with Crippen molar-refractivity contribution < 1.29 is 0 Å². The predicted octanol–water partition coefficient (Wildman–Crippen LogP) is 2.85. The highest BCUT2D eigenvalue weighted by Gasteiger charge is 2.35. The summed E-state index contributed by atoms with van der Waals surface area (Å²) in [6.45, 7) is 3.28. The summed E-state index contributed by atoms with van der Waals surface area (Å²) in [5.41, 5.74) is 0. The first-order chi connectivity index (χ1) is 9.31. The van der Waals surface area contributed by atoms with Crippen molar-refractivity contribution in [2.45, 2.75) is 51.5 Å². The van der Waals surface area contributed by atoms with E-state index in [9.17, 15) is 0 Å². The van der Waals surface area contributed by atoms with Crippen molar-refractivity contribution in [3.8, 4) is 0 Å². The predicted molar refractivity (Wildman–Crippen MR) is 78.7 cm³/mol. The Balaban J connectivity index is 1.91. The molecule has 1 saturated carbocycles. The van der Waals surface area contributed by atoms with Crippen LogP contribution in [0.5, 0.6) is 0 Å². The van der Waals surface area contributed by atoms with Gasteiger partial charge < -0.3 is 10.2 Å². The van der Waals surface area contributed by atoms with Crippen LogP contribution in [0.4, 0.5) is 11.6 Å². The van der Waals surface area contributed by atoms with E-state index in [0.29, 0.717) is 0 Å². The molecule has 1 aliphatic heterocycles. The smallest absolute Gasteiger partial charge is 0.134 e. The van der Waals surface area contributed by atoms with Crippen molar-refractivity contribution in [1.82, 2.24) is 9.97 Å². The maximum absolute atomic E-state index is 4.76. The second-order valence-corrected chi connectivity index (χ2v) is 5.73. The van der Waals surface area contributed by atoms with Crippen LogP contribution in [0, 0.1) is 5.92 Å². The lowest BCUT2D eigenvalue weighted by Crippen LogP contribution is -2.43. The lowest BCUT2D eigenvalue weighted by Gasteiger charge is -2.38. The molecule has 0 spiro atoms. The van der Waals surface area contributed by atoms with Gasteiger partial charge in [0.1, 0.15) is 17.5 Å². The van der Waals surface area contributed by atoms with E-state index in [2.05, 4.69) is 28.2 Å². The van der Waals surface area contributed by atoms with Crippen LogP contribution in [-0.4, -0.2) is 29.6 Å². The molecule has 1 aromatic rings. The molecule has 104 valence electrons. The molecule has 2 aliphatic rings. The molecule has 2 fully saturated rings. The van der Waals surface area contributed by atoms with E-state index in [0.717, 1.165) is 42.4 Å². The first kappa shape index (κ1) is 12.7. The van der Waals surface area contributed by atoms with Gasteiger partial charge in [-0.15, -0.1) is 0 Å². The number of aromatic nitrogens is 2. The molecule has 1 aliphatic carbocycles. The van der Waals surface area contributed by atoms with Gasteiger partial charge in [0, 0.05) is 32.1 Å². The van der Waals surface area contributed by atoms with Crippen LogP contribution in [0.25, 0.3) is 0 Å². The molecular formula is C15H24N4. The minimum atomic E-state index is 0.720. The minimum absolute atomic E-state index is 0.720. The van der Waals surface area contributed by atoms with E-state index in [4.69, 9.17) is 4.98 Å². The van der Waals surface area contributed by atoms with Crippen LogP contribution in [0.2, 0.25) is 0 Å². The maximum atomic E-state index is 4.76. The van der Waals surface area contributed by atoms with Crippen LogP contribution in [0.1, 0.15) is 44.9 Å². The topological polar surface area (TPSA) is 41.1 Å². The van der Waals surface area contributed by atoms with Crippen molar-refractivity contribution in [2.24, 2.45) is 5.92 Å². The average Bonchev–Trinajstić information content (AvgIpc) is 2.94. The summed E-state index contributed by atoms with van der Waals surface area (Å²) in [5, 5.41) is 3.16. The van der Waals surface area contributed by atoms with E-state index in [1.165, 1.54) is 32.1 Å². The van der Waals surface area contributed by atoms with E-state index < -0.39 is 0 Å². The van der Waals surface area contributed by atoms with E-state index in [-0.39, 0.29) is 0 Å². The number of hydrogen-bond donors (Lipinski definition) is 1. The number of hydrogen-bond acceptors (Lipinski definition) is 4. The van der Waals surface area contributed by atoms with Crippen molar-refractivity contribution in [1.29, 1.82) is 0 Å². The fourth-order valence-electron chi connectivity index (χ4n) is 3.65. The zero-order valence-corrected chi connectivity index (χ0v) is 12.0. The van der Waals surface area contributed by atoms with Crippen molar-refractivity contribution in [3.05, 3.63) is 11.9 Å². The Morgan fingerprint density at radius 3 is 2.89 bits per heavy atom. The van der Waals surface area contributed by atoms with Crippen molar-refractivity contribution in [3.63, 3.8) is 0 Å². The zero-order valence-electron chi connectivity index (χ0n) is 12.0. The van der Waals surface area contributed by atoms with Gasteiger partial charge in [0.05, 0.1) is 0 Å². The Morgan fingerprint density at radius 2 is 2.11 bits per heavy atom. The van der Waals surface area contributed by atoms with Crippen molar-refractivity contribution in [2.75, 3.05) is 23.8 Å². The highest BCUT2D eigenvalue weighted by atomic mass is 15.2. The van der Waals surface area contributed by atoms with Gasteiger partial charge in [-0.1, -0.05) is 13.3 Å². The molecule has 0 aromatic carbocycles. The fraction of sp³-hybridized carbons (Fsp3) is 0.733. The van der Waals surface area contributed by atoms with Gasteiger partial charge in [0.2, 0.25) is 0 Å². The molecule has 3 rings (SSSR count). The molecule has 4 nitrogen and oxygen atoms in total. The van der Waals surface area contributed by atoms with Crippen LogP contribution in [-0.2, 0) is 6.42 Å². The van der Waals surface area contributed by atoms with E-state index >= 15 is 0 Å². The zero-order chi connectivity index (χ0) is 13.2. The molecule has 0 radical (unpaired) electrons. The SMILES string of the molecule is CCc1nc(NC)cc(N2CCCC3CCCC32)n1. The summed E-state index contributed by atoms with van der Waals surface area (Å²) in [4.78, 5) is 11.8. The monoisotopic (exact) mass is 260 g/mol. The summed E-state index contributed by atoms with van der Waals surface area (Å²) in [5.74, 6) is 3.92. The van der Waals surface area contributed by atoms with Gasteiger partial charge in [-0.3, -0.25) is 0 Å². The van der Waals surface area contributed by atoms with Gasteiger partial charge in [-0.05, 0) is 31.6 Å². The Kier molecular flexibility index (Phi) is 3.58. The minimum Gasteiger partial charge on any atom is -0.373 e. The van der Waals surface area contributed by atoms with Gasteiger partial charge in [0.25, 0.3) is 0 Å². The molecule has 1 N–H and O–H groups in total. The summed E-state index contributed by atoms with van der Waals surface area (Å²) < 4.78 is 0. The van der Waals surface area contributed by atoms with Gasteiger partial charge in [-0.2, -0.15) is 0 Å². The number of piperidine rings is 1. The summed E-state index contributed by atoms with van der Waals surface area (Å²) >= 11 is 0. The van der Waals surface area contributed by atoms with Gasteiger partial charge >= 0.3 is 0 Å². The Bertz CT molecular complexity index is 424. The Hall–Kier alpha value is -1.32. The van der Waals surface area contributed by atoms with Crippen LogP contribution in [0.15, 0.2) is 6.07 Å². The first-order valence-electron chi connectivity index (χ1n) is 7.64. The number of anilines is 2. The lowest BCUT2D eigenvalue weighted by molar-refractivity contribution is 0.360. The number of nitrogens with one attached hydrogen (secondary N) is 1. The first-order valence-corrected chi connectivity index (χ1v) is 7.64. The number of rotatable bonds is 3. The number of fused-ring (bicyclic) bond motifs is 1. The van der Waals surface area contributed by atoms with Gasteiger partial charge in [-0.25, -0.2) is 9.97 Å². The molecule has 1 saturated heterocycles. The fourth-order valence-corrected chi connectivity index (χ4v) is 3.65. The molecule has 0 amide bonds. The molecule has 19 heavy (non-hydrogen) atoms. The Labute approximate surface area is 115 Å². The Morgan fingerprint density at radius 1 is 1.26 bits per heavy atom. The lowest BCUT2D eigenvalue weighted by atomic mass is 9.92. The highest BCUT2D eigenvalue weighted by molar-refractivity contribution is 5.50. The quantitative estimate of drug-likeness (QED) is 0.907. The summed E-state index contributed by atoms with van der Waals surface area (Å²) in [6, 6.07) is 2.83. The molecule has 4 heteroatoms. The number of nitrogens with zero attached hydrogens (tertiary/aromatic N) is 3. The van der Waals surface area contributed by atoms with Crippen LogP contribution < -0.4 is 10.2 Å². The standard InChI is InChI=1S/C15H24N4/c1-3-13-17-14(16-2)10-15(18-13)19-9-5-7-11-6-4-8-12(11)19/h10-12H,3-9H2,1-2H3,(H,16,17,18). The average molecular weight is 260 g/mol. The molecular weight excluding hydrogens is 236 g/mol. The second-order valence-electron chi connectivity index (χ2n) is 5.73. The van der Waals surface area contributed by atoms with Crippen LogP contribution in [0.3, 0.4) is 0 Å². The largest absolute Gasteiger partial charge is 0.373 e. The summed E-state index contributed by atoms with van der Waals surface area (Å²) in [6.07, 6.45) is 7.74. The van der Waals surface area contributed by atoms with E-state index in [1.54, 1.807) is 0 Å². The molecule has 0 bridgehead atoms. The van der Waals surface area contributed by atoms with Crippen molar-refractivity contribution >= 4 is 11.6 Å². The third kappa shape index (κ3) is 2.40.